The van der Waals surface area contributed by atoms with E-state index in [-0.39, 0.29) is 6.61 Å². The zero-order chi connectivity index (χ0) is 32.1. The summed E-state index contributed by atoms with van der Waals surface area (Å²) in [5, 5.41) is 2.65. The van der Waals surface area contributed by atoms with E-state index in [4.69, 9.17) is 37.9 Å². The zero-order valence-corrected chi connectivity index (χ0v) is 28.2. The maximum atomic E-state index is 11.6. The highest BCUT2D eigenvalue weighted by molar-refractivity contribution is 5.67. The molecule has 0 fully saturated rings. The molecule has 0 atom stereocenters. The molecule has 0 radical (unpaired) electrons. The predicted molar refractivity (Wildman–Crippen MR) is 177 cm³/mol. The Balaban J connectivity index is 1.64. The van der Waals surface area contributed by atoms with Crippen LogP contribution in [-0.4, -0.2) is 105 Å². The van der Waals surface area contributed by atoms with E-state index >= 15 is 0 Å². The largest absolute Gasteiger partial charge is 0.445 e. The summed E-state index contributed by atoms with van der Waals surface area (Å²) in [6.45, 7) is 10.5. The van der Waals surface area contributed by atoms with Gasteiger partial charge < -0.3 is 43.2 Å². The molecule has 1 N–H and O–H groups in total. The zero-order valence-electron chi connectivity index (χ0n) is 28.2. The predicted octanol–water partition coefficient (Wildman–Crippen LogP) is 6.34. The number of carbonyl (C=O) groups excluding carboxylic acids is 1. The number of amides is 1. The molecule has 1 aromatic rings. The van der Waals surface area contributed by atoms with Gasteiger partial charge in [-0.05, 0) is 12.0 Å². The van der Waals surface area contributed by atoms with Crippen LogP contribution in [0.3, 0.4) is 0 Å². The lowest BCUT2D eigenvalue weighted by Gasteiger charge is -2.09. The lowest BCUT2D eigenvalue weighted by molar-refractivity contribution is -0.0204. The van der Waals surface area contributed by atoms with E-state index in [0.717, 1.165) is 18.6 Å². The third-order valence-corrected chi connectivity index (χ3v) is 6.85. The lowest BCUT2D eigenvalue weighted by atomic mass is 10.1. The lowest BCUT2D eigenvalue weighted by Crippen LogP contribution is -2.28. The molecule has 0 bridgehead atoms. The van der Waals surface area contributed by atoms with Crippen LogP contribution >= 0.6 is 0 Å². The number of benzene rings is 1. The van der Waals surface area contributed by atoms with Crippen LogP contribution in [0.4, 0.5) is 4.79 Å². The van der Waals surface area contributed by atoms with Gasteiger partial charge in [0.05, 0.1) is 85.9 Å². The third kappa shape index (κ3) is 32.0. The summed E-state index contributed by atoms with van der Waals surface area (Å²) in [6, 6.07) is 9.54. The van der Waals surface area contributed by atoms with Gasteiger partial charge in [-0.15, -0.1) is 0 Å². The maximum Gasteiger partial charge on any atom is 0.407 e. The summed E-state index contributed by atoms with van der Waals surface area (Å²) >= 11 is 0. The number of ether oxygens (including phenoxy) is 8. The molecule has 0 aliphatic carbocycles. The second-order valence-corrected chi connectivity index (χ2v) is 10.8. The van der Waals surface area contributed by atoms with Gasteiger partial charge in [-0.1, -0.05) is 101 Å². The fourth-order valence-electron chi connectivity index (χ4n) is 4.29. The molecule has 262 valence electrons. The van der Waals surface area contributed by atoms with E-state index in [1.807, 2.05) is 30.3 Å². The SMILES string of the molecule is CCCCCCCCCCCCCOCCOCCOCCOCCOCCOCCOCCNC(=O)OCc1ccccc1. The molecule has 1 amide bonds. The van der Waals surface area contributed by atoms with Crippen molar-refractivity contribution in [2.45, 2.75) is 84.2 Å². The quantitative estimate of drug-likeness (QED) is 0.0851. The van der Waals surface area contributed by atoms with Gasteiger partial charge in [0, 0.05) is 13.2 Å². The van der Waals surface area contributed by atoms with Gasteiger partial charge >= 0.3 is 6.09 Å². The number of nitrogens with one attached hydrogen (secondary N) is 1. The second kappa shape index (κ2) is 35.1. The summed E-state index contributed by atoms with van der Waals surface area (Å²) in [4.78, 5) is 11.6. The highest BCUT2D eigenvalue weighted by atomic mass is 16.6. The number of alkyl carbamates (subject to hydrolysis) is 1. The summed E-state index contributed by atoms with van der Waals surface area (Å²) < 4.78 is 43.7. The first-order valence-electron chi connectivity index (χ1n) is 17.3. The fraction of sp³-hybridized carbons (Fsp3) is 0.800. The molecule has 0 aliphatic heterocycles. The molecule has 10 heteroatoms. The van der Waals surface area contributed by atoms with Crippen molar-refractivity contribution in [1.82, 2.24) is 5.32 Å². The van der Waals surface area contributed by atoms with Crippen molar-refractivity contribution in [3.8, 4) is 0 Å². The highest BCUT2D eigenvalue weighted by Crippen LogP contribution is 2.11. The normalized spacial score (nSPS) is 11.2. The molecule has 1 rings (SSSR count). The molecule has 0 spiro atoms. The Bertz CT molecular complexity index is 726. The van der Waals surface area contributed by atoms with Gasteiger partial charge in [-0.2, -0.15) is 0 Å². The van der Waals surface area contributed by atoms with Crippen molar-refractivity contribution in [3.05, 3.63) is 35.9 Å². The van der Waals surface area contributed by atoms with Crippen molar-refractivity contribution >= 4 is 6.09 Å². The number of unbranched alkanes of at least 4 members (excludes halogenated alkanes) is 10. The first kappa shape index (κ1) is 41.2. The fourth-order valence-corrected chi connectivity index (χ4v) is 4.29. The third-order valence-electron chi connectivity index (χ3n) is 6.85. The molecule has 1 aromatic carbocycles. The highest BCUT2D eigenvalue weighted by Gasteiger charge is 2.02. The molecule has 0 saturated heterocycles. The van der Waals surface area contributed by atoms with Crippen molar-refractivity contribution < 1.29 is 42.7 Å². The Hall–Kier alpha value is -1.79. The van der Waals surface area contributed by atoms with E-state index in [9.17, 15) is 4.79 Å². The molecule has 0 saturated carbocycles. The Morgan fingerprint density at radius 2 is 0.867 bits per heavy atom. The monoisotopic (exact) mass is 641 g/mol. The maximum absolute atomic E-state index is 11.6. The number of hydrogen-bond donors (Lipinski definition) is 1. The molecule has 0 unspecified atom stereocenters. The summed E-state index contributed by atoms with van der Waals surface area (Å²) in [6.07, 6.45) is 14.4. The van der Waals surface area contributed by atoms with E-state index in [1.165, 1.54) is 64.2 Å². The Kier molecular flexibility index (Phi) is 32.1. The summed E-state index contributed by atoms with van der Waals surface area (Å²) in [7, 11) is 0. The van der Waals surface area contributed by atoms with Crippen molar-refractivity contribution in [2.24, 2.45) is 0 Å². The molecule has 0 aliphatic rings. The first-order valence-corrected chi connectivity index (χ1v) is 17.3. The minimum atomic E-state index is -0.460. The smallest absolute Gasteiger partial charge is 0.407 e. The van der Waals surface area contributed by atoms with Crippen LogP contribution in [0.25, 0.3) is 0 Å². The van der Waals surface area contributed by atoms with Crippen LogP contribution in [0.1, 0.15) is 83.1 Å². The number of carbonyl (C=O) groups is 1. The molecular weight excluding hydrogens is 578 g/mol. The van der Waals surface area contributed by atoms with E-state index in [0.29, 0.717) is 92.4 Å². The van der Waals surface area contributed by atoms with Crippen molar-refractivity contribution in [2.75, 3.05) is 99.0 Å². The Morgan fingerprint density at radius 3 is 1.31 bits per heavy atom. The molecule has 0 aromatic heterocycles. The number of hydrogen-bond acceptors (Lipinski definition) is 9. The van der Waals surface area contributed by atoms with Crippen LogP contribution in [-0.2, 0) is 44.5 Å². The summed E-state index contributed by atoms with van der Waals surface area (Å²) in [5.41, 5.74) is 0.945. The first-order chi connectivity index (χ1) is 22.3. The average molecular weight is 642 g/mol. The summed E-state index contributed by atoms with van der Waals surface area (Å²) in [5.74, 6) is 0. The Morgan fingerprint density at radius 1 is 0.489 bits per heavy atom. The second-order valence-electron chi connectivity index (χ2n) is 10.8. The van der Waals surface area contributed by atoms with Crippen molar-refractivity contribution in [1.29, 1.82) is 0 Å². The molecule has 10 nitrogen and oxygen atoms in total. The minimum Gasteiger partial charge on any atom is -0.445 e. The van der Waals surface area contributed by atoms with E-state index < -0.39 is 6.09 Å². The van der Waals surface area contributed by atoms with E-state index in [2.05, 4.69) is 12.2 Å². The van der Waals surface area contributed by atoms with Gasteiger partial charge in [0.15, 0.2) is 0 Å². The number of rotatable bonds is 35. The molecule has 0 heterocycles. The van der Waals surface area contributed by atoms with Crippen LogP contribution in [0.2, 0.25) is 0 Å². The van der Waals surface area contributed by atoms with Crippen LogP contribution in [0.5, 0.6) is 0 Å². The van der Waals surface area contributed by atoms with Crippen molar-refractivity contribution in [3.63, 3.8) is 0 Å². The van der Waals surface area contributed by atoms with E-state index in [1.54, 1.807) is 0 Å². The van der Waals surface area contributed by atoms with Crippen LogP contribution in [0, 0.1) is 0 Å². The van der Waals surface area contributed by atoms with Gasteiger partial charge in [0.1, 0.15) is 6.61 Å². The molecular formula is C35H63NO9. The van der Waals surface area contributed by atoms with Gasteiger partial charge in [-0.25, -0.2) is 4.79 Å². The van der Waals surface area contributed by atoms with Crippen LogP contribution in [0.15, 0.2) is 30.3 Å². The topological polar surface area (TPSA) is 103 Å². The van der Waals surface area contributed by atoms with Gasteiger partial charge in [0.25, 0.3) is 0 Å². The standard InChI is InChI=1S/C35H63NO9/c1-2-3-4-5-6-7-8-9-10-11-15-19-38-21-23-40-25-27-42-29-31-44-32-30-43-28-26-41-24-22-39-20-18-36-35(37)45-33-34-16-13-12-14-17-34/h12-14,16-17H,2-11,15,18-33H2,1H3,(H,36,37). The average Bonchev–Trinajstić information content (AvgIpc) is 3.06. The molecule has 45 heavy (non-hydrogen) atoms. The van der Waals surface area contributed by atoms with Gasteiger partial charge in [0.2, 0.25) is 0 Å². The van der Waals surface area contributed by atoms with Crippen LogP contribution < -0.4 is 5.32 Å². The van der Waals surface area contributed by atoms with Gasteiger partial charge in [-0.3, -0.25) is 0 Å². The Labute approximate surface area is 273 Å². The minimum absolute atomic E-state index is 0.246.